The van der Waals surface area contributed by atoms with Crippen LogP contribution in [0.3, 0.4) is 0 Å². The Bertz CT molecular complexity index is 1140. The maximum absolute atomic E-state index is 13.0. The third-order valence-corrected chi connectivity index (χ3v) is 5.58. The molecule has 4 N–H and O–H groups in total. The van der Waals surface area contributed by atoms with Gasteiger partial charge >= 0.3 is 0 Å². The number of nitrogens with zero attached hydrogens (tertiary/aromatic N) is 1. The molecule has 2 amide bonds. The summed E-state index contributed by atoms with van der Waals surface area (Å²) in [6.07, 6.45) is 0.374. The first kappa shape index (κ1) is 25.5. The molecule has 0 aromatic heterocycles. The highest BCUT2D eigenvalue weighted by molar-refractivity contribution is 5.86. The van der Waals surface area contributed by atoms with E-state index < -0.39 is 12.0 Å². The molecule has 0 aliphatic rings. The molecule has 0 heterocycles. The normalized spacial score (nSPS) is 12.1. The van der Waals surface area contributed by atoms with E-state index in [0.29, 0.717) is 25.1 Å². The van der Waals surface area contributed by atoms with Crippen LogP contribution in [0.4, 0.5) is 0 Å². The fourth-order valence-corrected chi connectivity index (χ4v) is 3.63. The van der Waals surface area contributed by atoms with Crippen molar-refractivity contribution in [2.45, 2.75) is 31.8 Å². The molecule has 0 saturated heterocycles. The van der Waals surface area contributed by atoms with Crippen LogP contribution in [0, 0.1) is 11.3 Å². The van der Waals surface area contributed by atoms with E-state index in [2.05, 4.69) is 16.7 Å². The minimum atomic E-state index is -0.744. The zero-order valence-electron chi connectivity index (χ0n) is 19.7. The second-order valence-corrected chi connectivity index (χ2v) is 8.12. The van der Waals surface area contributed by atoms with Crippen LogP contribution < -0.4 is 21.1 Å². The molecule has 0 fully saturated rings. The summed E-state index contributed by atoms with van der Waals surface area (Å²) >= 11 is 0. The van der Waals surface area contributed by atoms with E-state index in [1.807, 2.05) is 61.5 Å². The summed E-state index contributed by atoms with van der Waals surface area (Å²) in [6, 6.07) is 25.2. The van der Waals surface area contributed by atoms with Gasteiger partial charge in [0, 0.05) is 13.1 Å². The van der Waals surface area contributed by atoms with Crippen molar-refractivity contribution < 1.29 is 14.3 Å². The average Bonchev–Trinajstić information content (AvgIpc) is 2.89. The predicted octanol–water partition coefficient (Wildman–Crippen LogP) is 3.04. The molecule has 3 aromatic carbocycles. The predicted molar refractivity (Wildman–Crippen MR) is 134 cm³/mol. The van der Waals surface area contributed by atoms with Crippen LogP contribution >= 0.6 is 0 Å². The Morgan fingerprint density at radius 2 is 1.57 bits per heavy atom. The molecule has 0 radical (unpaired) electrons. The summed E-state index contributed by atoms with van der Waals surface area (Å²) in [5.41, 5.74) is 9.30. The van der Waals surface area contributed by atoms with Crippen molar-refractivity contribution >= 4 is 11.8 Å². The molecule has 7 heteroatoms. The molecule has 35 heavy (non-hydrogen) atoms. The Labute approximate surface area is 205 Å². The molecule has 0 aliphatic heterocycles. The van der Waals surface area contributed by atoms with Crippen LogP contribution in [0.5, 0.6) is 5.75 Å². The largest absolute Gasteiger partial charge is 0.494 e. The van der Waals surface area contributed by atoms with Gasteiger partial charge in [0.1, 0.15) is 5.75 Å². The molecule has 0 bridgehead atoms. The van der Waals surface area contributed by atoms with Gasteiger partial charge in [0.25, 0.3) is 0 Å². The van der Waals surface area contributed by atoms with E-state index in [9.17, 15) is 9.59 Å². The van der Waals surface area contributed by atoms with Crippen LogP contribution in [0.25, 0.3) is 0 Å². The van der Waals surface area contributed by atoms with Crippen LogP contribution in [0.15, 0.2) is 78.9 Å². The topological polar surface area (TPSA) is 117 Å². The lowest BCUT2D eigenvalue weighted by Gasteiger charge is -2.20. The number of amides is 2. The Kier molecular flexibility index (Phi) is 9.40. The second kappa shape index (κ2) is 12.9. The van der Waals surface area contributed by atoms with Crippen molar-refractivity contribution in [3.63, 3.8) is 0 Å². The highest BCUT2D eigenvalue weighted by Gasteiger charge is 2.23. The molecule has 2 atom stereocenters. The number of carbonyl (C=O) groups excluding carboxylic acids is 2. The van der Waals surface area contributed by atoms with Crippen LogP contribution in [0.2, 0.25) is 0 Å². The summed E-state index contributed by atoms with van der Waals surface area (Å²) in [5.74, 6) is -0.330. The Morgan fingerprint density at radius 3 is 2.20 bits per heavy atom. The van der Waals surface area contributed by atoms with Gasteiger partial charge in [0.2, 0.25) is 11.8 Å². The standard InChI is InChI=1S/C28H30N4O3/c1-2-35-24-14-12-20(13-15-24)16-26(30)28(34)32-19-25(23-6-4-3-5-7-23)27(33)31-18-22-10-8-21(17-29)9-11-22/h3-15,25-26H,2,16,18-19,30H2,1H3,(H,31,33)(H,32,34)/t25-,26+/m0/s1. The van der Waals surface area contributed by atoms with E-state index in [1.54, 1.807) is 24.3 Å². The second-order valence-electron chi connectivity index (χ2n) is 8.12. The lowest BCUT2D eigenvalue weighted by molar-refractivity contribution is -0.124. The van der Waals surface area contributed by atoms with Gasteiger partial charge in [-0.3, -0.25) is 9.59 Å². The summed E-state index contributed by atoms with van der Waals surface area (Å²) in [6.45, 7) is 2.95. The lowest BCUT2D eigenvalue weighted by Crippen LogP contribution is -2.45. The Hall–Kier alpha value is -4.15. The zero-order chi connectivity index (χ0) is 25.0. The molecule has 7 nitrogen and oxygen atoms in total. The molecule has 3 rings (SSSR count). The van der Waals surface area contributed by atoms with Gasteiger partial charge in [-0.2, -0.15) is 5.26 Å². The van der Waals surface area contributed by atoms with Gasteiger partial charge in [0.15, 0.2) is 0 Å². The highest BCUT2D eigenvalue weighted by Crippen LogP contribution is 2.16. The van der Waals surface area contributed by atoms with Crippen LogP contribution in [-0.4, -0.2) is 31.0 Å². The maximum Gasteiger partial charge on any atom is 0.237 e. The number of benzene rings is 3. The van der Waals surface area contributed by atoms with Gasteiger partial charge in [-0.25, -0.2) is 0 Å². The van der Waals surface area contributed by atoms with Crippen molar-refractivity contribution in [3.8, 4) is 11.8 Å². The number of hydrogen-bond acceptors (Lipinski definition) is 5. The summed E-state index contributed by atoms with van der Waals surface area (Å²) < 4.78 is 5.44. The van der Waals surface area contributed by atoms with Gasteiger partial charge in [-0.15, -0.1) is 0 Å². The van der Waals surface area contributed by atoms with E-state index >= 15 is 0 Å². The van der Waals surface area contributed by atoms with Gasteiger partial charge in [0.05, 0.1) is 30.2 Å². The Balaban J connectivity index is 1.59. The van der Waals surface area contributed by atoms with Crippen molar-refractivity contribution in [2.75, 3.05) is 13.2 Å². The zero-order valence-corrected chi connectivity index (χ0v) is 19.7. The smallest absolute Gasteiger partial charge is 0.237 e. The lowest BCUT2D eigenvalue weighted by atomic mass is 9.97. The SMILES string of the molecule is CCOc1ccc(C[C@@H](N)C(=O)NC[C@H](C(=O)NCc2ccc(C#N)cc2)c2ccccc2)cc1. The fourth-order valence-electron chi connectivity index (χ4n) is 3.63. The molecule has 0 spiro atoms. The monoisotopic (exact) mass is 470 g/mol. The Morgan fingerprint density at radius 1 is 0.914 bits per heavy atom. The molecule has 180 valence electrons. The number of rotatable bonds is 11. The number of nitrogens with one attached hydrogen (secondary N) is 2. The van der Waals surface area contributed by atoms with Crippen molar-refractivity contribution in [1.29, 1.82) is 5.26 Å². The van der Waals surface area contributed by atoms with Crippen molar-refractivity contribution in [1.82, 2.24) is 10.6 Å². The van der Waals surface area contributed by atoms with Gasteiger partial charge < -0.3 is 21.1 Å². The minimum Gasteiger partial charge on any atom is -0.494 e. The quantitative estimate of drug-likeness (QED) is 0.398. The number of nitrogens with two attached hydrogens (primary N) is 1. The van der Waals surface area contributed by atoms with Crippen LogP contribution in [0.1, 0.15) is 35.1 Å². The fraction of sp³-hybridized carbons (Fsp3) is 0.250. The number of carbonyl (C=O) groups is 2. The van der Waals surface area contributed by atoms with E-state index in [4.69, 9.17) is 15.7 Å². The number of ether oxygens (including phenoxy) is 1. The number of nitriles is 1. The minimum absolute atomic E-state index is 0.124. The summed E-state index contributed by atoms with van der Waals surface area (Å²) in [7, 11) is 0. The first-order valence-electron chi connectivity index (χ1n) is 11.6. The molecular formula is C28H30N4O3. The molecule has 0 saturated carbocycles. The third-order valence-electron chi connectivity index (χ3n) is 5.58. The first-order chi connectivity index (χ1) is 17.0. The molecule has 0 unspecified atom stereocenters. The van der Waals surface area contributed by atoms with Gasteiger partial charge in [-0.05, 0) is 54.3 Å². The summed E-state index contributed by atoms with van der Waals surface area (Å²) in [4.78, 5) is 25.7. The van der Waals surface area contributed by atoms with Gasteiger partial charge in [-0.1, -0.05) is 54.6 Å². The van der Waals surface area contributed by atoms with E-state index in [-0.39, 0.29) is 18.4 Å². The summed E-state index contributed by atoms with van der Waals surface area (Å²) in [5, 5.41) is 14.7. The first-order valence-corrected chi connectivity index (χ1v) is 11.6. The third kappa shape index (κ3) is 7.70. The van der Waals surface area contributed by atoms with Crippen molar-refractivity contribution in [3.05, 3.63) is 101 Å². The maximum atomic E-state index is 13.0. The average molecular weight is 471 g/mol. The van der Waals surface area contributed by atoms with Crippen molar-refractivity contribution in [2.24, 2.45) is 5.73 Å². The van der Waals surface area contributed by atoms with E-state index in [0.717, 1.165) is 22.4 Å². The molecular weight excluding hydrogens is 440 g/mol. The number of hydrogen-bond donors (Lipinski definition) is 3. The van der Waals surface area contributed by atoms with E-state index in [1.165, 1.54) is 0 Å². The molecule has 0 aliphatic carbocycles. The van der Waals surface area contributed by atoms with Crippen LogP contribution in [-0.2, 0) is 22.6 Å². The molecule has 3 aromatic rings. The highest BCUT2D eigenvalue weighted by atomic mass is 16.5.